The van der Waals surface area contributed by atoms with Gasteiger partial charge in [-0.3, -0.25) is 9.69 Å². The monoisotopic (exact) mass is 323 g/mol. The Balaban J connectivity index is 2.32. The number of hydrogen-bond acceptors (Lipinski definition) is 7. The molecule has 1 aromatic rings. The van der Waals surface area contributed by atoms with Crippen molar-refractivity contribution in [2.24, 2.45) is 0 Å². The molecule has 0 aromatic carbocycles. The van der Waals surface area contributed by atoms with Crippen LogP contribution in [-0.4, -0.2) is 48.5 Å². The van der Waals surface area contributed by atoms with Crippen LogP contribution in [0.15, 0.2) is 0 Å². The molecule has 1 aliphatic carbocycles. The molecule has 1 amide bonds. The summed E-state index contributed by atoms with van der Waals surface area (Å²) in [5.41, 5.74) is 0. The van der Waals surface area contributed by atoms with E-state index in [1.165, 1.54) is 38.2 Å². The molecule has 8 heteroatoms. The number of anilines is 2. The Bertz CT molecular complexity index is 520. The van der Waals surface area contributed by atoms with Crippen LogP contribution < -0.4 is 10.2 Å². The van der Waals surface area contributed by atoms with Gasteiger partial charge in [0.1, 0.15) is 19.3 Å². The number of nitrogens with one attached hydrogen (secondary N) is 1. The minimum atomic E-state index is -0.176. The van der Waals surface area contributed by atoms with Crippen molar-refractivity contribution in [1.82, 2.24) is 15.0 Å². The smallest absolute Gasteiger partial charge is 0.239 e. The van der Waals surface area contributed by atoms with E-state index in [0.717, 1.165) is 18.7 Å². The first kappa shape index (κ1) is 17.6. The molecule has 1 heterocycles. The van der Waals surface area contributed by atoms with Crippen molar-refractivity contribution in [1.29, 1.82) is 0 Å². The summed E-state index contributed by atoms with van der Waals surface area (Å²) in [6, 6.07) is 0. The number of carbonyl (C=O) groups excluding carboxylic acids is 1. The van der Waals surface area contributed by atoms with Gasteiger partial charge in [0.05, 0.1) is 0 Å². The van der Waals surface area contributed by atoms with Gasteiger partial charge in [-0.05, 0) is 12.8 Å². The normalized spacial score (nSPS) is 15.4. The van der Waals surface area contributed by atoms with Crippen LogP contribution in [0.25, 0.3) is 0 Å². The van der Waals surface area contributed by atoms with Crippen LogP contribution in [0, 0.1) is 0 Å². The van der Waals surface area contributed by atoms with Gasteiger partial charge in [0.15, 0.2) is 0 Å². The third kappa shape index (κ3) is 4.84. The Kier molecular flexibility index (Phi) is 6.66. The van der Waals surface area contributed by atoms with Crippen molar-refractivity contribution in [3.63, 3.8) is 0 Å². The quantitative estimate of drug-likeness (QED) is 0.766. The maximum atomic E-state index is 11.8. The molecule has 8 nitrogen and oxygen atoms in total. The molecule has 2 rings (SSSR count). The van der Waals surface area contributed by atoms with Crippen molar-refractivity contribution >= 4 is 17.8 Å². The Hall–Kier alpha value is -1.80. The molecule has 0 unspecified atom stereocenters. The lowest BCUT2D eigenvalue weighted by atomic mass is 9.89. The molecule has 1 N–H and O–H groups in total. The van der Waals surface area contributed by atoms with E-state index in [1.807, 2.05) is 0 Å². The number of carbonyl (C=O) groups is 1. The molecule has 1 saturated carbocycles. The number of rotatable bonds is 7. The SMILES string of the molecule is COCNc1nc(C2CCCCC2)nc(N(COC)C(C)=O)n1. The lowest BCUT2D eigenvalue weighted by molar-refractivity contribution is -0.117. The molecule has 0 radical (unpaired) electrons. The molecule has 0 saturated heterocycles. The third-order valence-corrected chi connectivity index (χ3v) is 3.87. The predicted molar refractivity (Wildman–Crippen MR) is 86.2 cm³/mol. The highest BCUT2D eigenvalue weighted by Gasteiger charge is 2.23. The zero-order valence-corrected chi connectivity index (χ0v) is 14.0. The van der Waals surface area contributed by atoms with Gasteiger partial charge in [-0.25, -0.2) is 0 Å². The lowest BCUT2D eigenvalue weighted by Gasteiger charge is -2.23. The fourth-order valence-corrected chi connectivity index (χ4v) is 2.68. The van der Waals surface area contributed by atoms with E-state index in [2.05, 4.69) is 20.3 Å². The number of hydrogen-bond donors (Lipinski definition) is 1. The second-order valence-corrected chi connectivity index (χ2v) is 5.63. The van der Waals surface area contributed by atoms with Gasteiger partial charge in [0.25, 0.3) is 0 Å². The standard InChI is InChI=1S/C15H25N5O3/c1-11(21)20(10-23-3)15-18-13(12-7-5-4-6-8-12)17-14(19-15)16-9-22-2/h12H,4-10H2,1-3H3,(H,16,17,18,19). The number of aromatic nitrogens is 3. The Morgan fingerprint density at radius 1 is 1.17 bits per heavy atom. The second-order valence-electron chi connectivity index (χ2n) is 5.63. The molecule has 0 aliphatic heterocycles. The van der Waals surface area contributed by atoms with E-state index in [1.54, 1.807) is 7.11 Å². The van der Waals surface area contributed by atoms with Crippen LogP contribution in [0.3, 0.4) is 0 Å². The minimum absolute atomic E-state index is 0.104. The second kappa shape index (κ2) is 8.73. The molecule has 1 aromatic heterocycles. The zero-order valence-electron chi connectivity index (χ0n) is 14.0. The summed E-state index contributed by atoms with van der Waals surface area (Å²) >= 11 is 0. The van der Waals surface area contributed by atoms with Gasteiger partial charge >= 0.3 is 0 Å². The largest absolute Gasteiger partial charge is 0.364 e. The van der Waals surface area contributed by atoms with Gasteiger partial charge < -0.3 is 14.8 Å². The average Bonchev–Trinajstić information content (AvgIpc) is 2.58. The highest BCUT2D eigenvalue weighted by atomic mass is 16.5. The summed E-state index contributed by atoms with van der Waals surface area (Å²) in [5.74, 6) is 1.60. The molecule has 128 valence electrons. The van der Waals surface area contributed by atoms with Gasteiger partial charge in [-0.2, -0.15) is 15.0 Å². The molecule has 1 aliphatic rings. The van der Waals surface area contributed by atoms with E-state index >= 15 is 0 Å². The Morgan fingerprint density at radius 2 is 1.91 bits per heavy atom. The van der Waals surface area contributed by atoms with Gasteiger partial charge in [0, 0.05) is 27.1 Å². The Labute approximate surface area is 136 Å². The summed E-state index contributed by atoms with van der Waals surface area (Å²) < 4.78 is 10.1. The van der Waals surface area contributed by atoms with Crippen molar-refractivity contribution in [3.8, 4) is 0 Å². The molecule has 1 fully saturated rings. The molecule has 23 heavy (non-hydrogen) atoms. The fraction of sp³-hybridized carbons (Fsp3) is 0.733. The van der Waals surface area contributed by atoms with Crippen molar-refractivity contribution in [2.45, 2.75) is 44.9 Å². The molecular formula is C15H25N5O3. The average molecular weight is 323 g/mol. The maximum Gasteiger partial charge on any atom is 0.239 e. The van der Waals surface area contributed by atoms with Crippen molar-refractivity contribution in [2.75, 3.05) is 37.9 Å². The van der Waals surface area contributed by atoms with Crippen molar-refractivity contribution in [3.05, 3.63) is 5.82 Å². The van der Waals surface area contributed by atoms with Gasteiger partial charge in [0.2, 0.25) is 17.8 Å². The highest BCUT2D eigenvalue weighted by Crippen LogP contribution is 2.31. The summed E-state index contributed by atoms with van der Waals surface area (Å²) in [6.07, 6.45) is 5.75. The minimum Gasteiger partial charge on any atom is -0.364 e. The number of nitrogens with zero attached hydrogens (tertiary/aromatic N) is 4. The third-order valence-electron chi connectivity index (χ3n) is 3.87. The first-order valence-corrected chi connectivity index (χ1v) is 7.91. The fourth-order valence-electron chi connectivity index (χ4n) is 2.68. The molecular weight excluding hydrogens is 298 g/mol. The summed E-state index contributed by atoms with van der Waals surface area (Å²) in [7, 11) is 3.12. The number of amides is 1. The van der Waals surface area contributed by atoms with Crippen LogP contribution in [-0.2, 0) is 14.3 Å². The topological polar surface area (TPSA) is 89.5 Å². The lowest BCUT2D eigenvalue weighted by Crippen LogP contribution is -2.33. The molecule has 0 atom stereocenters. The zero-order chi connectivity index (χ0) is 16.7. The van der Waals surface area contributed by atoms with Gasteiger partial charge in [-0.1, -0.05) is 19.3 Å². The molecule has 0 bridgehead atoms. The first-order chi connectivity index (χ1) is 11.2. The van der Waals surface area contributed by atoms with E-state index in [4.69, 9.17) is 9.47 Å². The van der Waals surface area contributed by atoms with Crippen LogP contribution in [0.1, 0.15) is 50.8 Å². The van der Waals surface area contributed by atoms with Gasteiger partial charge in [-0.15, -0.1) is 0 Å². The van der Waals surface area contributed by atoms with Crippen LogP contribution >= 0.6 is 0 Å². The van der Waals surface area contributed by atoms with E-state index in [0.29, 0.717) is 17.8 Å². The Morgan fingerprint density at radius 3 is 2.52 bits per heavy atom. The number of methoxy groups -OCH3 is 2. The predicted octanol–water partition coefficient (Wildman–Crippen LogP) is 1.89. The van der Waals surface area contributed by atoms with E-state index in [-0.39, 0.29) is 19.4 Å². The van der Waals surface area contributed by atoms with Crippen LogP contribution in [0.4, 0.5) is 11.9 Å². The molecule has 0 spiro atoms. The number of ether oxygens (including phenoxy) is 2. The van der Waals surface area contributed by atoms with Crippen LogP contribution in [0.5, 0.6) is 0 Å². The first-order valence-electron chi connectivity index (χ1n) is 7.91. The van der Waals surface area contributed by atoms with E-state index in [9.17, 15) is 4.79 Å². The van der Waals surface area contributed by atoms with Crippen molar-refractivity contribution < 1.29 is 14.3 Å². The summed E-state index contributed by atoms with van der Waals surface area (Å²) in [6.45, 7) is 1.86. The maximum absolute atomic E-state index is 11.8. The van der Waals surface area contributed by atoms with E-state index < -0.39 is 0 Å². The van der Waals surface area contributed by atoms with Crippen LogP contribution in [0.2, 0.25) is 0 Å². The highest BCUT2D eigenvalue weighted by molar-refractivity contribution is 5.89. The summed E-state index contributed by atoms with van der Waals surface area (Å²) in [5, 5.41) is 2.99. The summed E-state index contributed by atoms with van der Waals surface area (Å²) in [4.78, 5) is 26.6.